The molecule has 2 heterocycles. The number of piperidine rings is 1. The average Bonchev–Trinajstić information content (AvgIpc) is 2.64. The summed E-state index contributed by atoms with van der Waals surface area (Å²) in [6.07, 6.45) is 1.98. The molecule has 7 heteroatoms. The van der Waals surface area contributed by atoms with Crippen molar-refractivity contribution in [3.8, 4) is 5.75 Å². The fourth-order valence-electron chi connectivity index (χ4n) is 3.81. The monoisotopic (exact) mass is 399 g/mol. The number of carbonyl (C=O) groups excluding carboxylic acids is 1. The first-order valence-corrected chi connectivity index (χ1v) is 10.0. The number of amides is 1. The Balaban J connectivity index is 1.50. The predicted molar refractivity (Wildman–Crippen MR) is 105 cm³/mol. The highest BCUT2D eigenvalue weighted by Gasteiger charge is 2.30. The van der Waals surface area contributed by atoms with E-state index in [1.807, 2.05) is 4.90 Å². The third-order valence-electron chi connectivity index (χ3n) is 5.29. The number of hydrogen-bond acceptors (Lipinski definition) is 4. The summed E-state index contributed by atoms with van der Waals surface area (Å²) in [7, 11) is 2.19. The summed E-state index contributed by atoms with van der Waals surface area (Å²) in [4.78, 5) is 19.5. The van der Waals surface area contributed by atoms with Crippen molar-refractivity contribution < 1.29 is 9.53 Å². The van der Waals surface area contributed by atoms with E-state index in [-0.39, 0.29) is 5.91 Å². The first-order chi connectivity index (χ1) is 12.4. The minimum atomic E-state index is -0.542. The highest BCUT2D eigenvalue weighted by Crippen LogP contribution is 2.27. The van der Waals surface area contributed by atoms with Crippen molar-refractivity contribution in [2.24, 2.45) is 0 Å². The highest BCUT2D eigenvalue weighted by atomic mass is 35.5. The normalized spacial score (nSPS) is 23.7. The molecule has 0 bridgehead atoms. The van der Waals surface area contributed by atoms with Gasteiger partial charge in [-0.1, -0.05) is 23.2 Å². The number of likely N-dealkylation sites (N-methyl/N-ethyl adjacent to an activating group) is 1. The minimum Gasteiger partial charge on any atom is -0.481 e. The summed E-state index contributed by atoms with van der Waals surface area (Å²) >= 11 is 11.9. The van der Waals surface area contributed by atoms with Gasteiger partial charge in [0, 0.05) is 44.8 Å². The molecule has 0 spiro atoms. The van der Waals surface area contributed by atoms with E-state index >= 15 is 0 Å². The quantitative estimate of drug-likeness (QED) is 0.779. The summed E-state index contributed by atoms with van der Waals surface area (Å²) in [6.45, 7) is 7.49. The van der Waals surface area contributed by atoms with Crippen LogP contribution in [0.3, 0.4) is 0 Å². The Morgan fingerprint density at radius 3 is 2.54 bits per heavy atom. The summed E-state index contributed by atoms with van der Waals surface area (Å²) in [5, 5.41) is 0.900. The molecule has 0 aromatic heterocycles. The van der Waals surface area contributed by atoms with Crippen LogP contribution in [0, 0.1) is 0 Å². The van der Waals surface area contributed by atoms with Gasteiger partial charge in [0.05, 0.1) is 10.0 Å². The van der Waals surface area contributed by atoms with Crippen LogP contribution >= 0.6 is 23.2 Å². The first kappa shape index (κ1) is 19.7. The van der Waals surface area contributed by atoms with E-state index in [9.17, 15) is 4.79 Å². The molecule has 2 fully saturated rings. The molecule has 2 aliphatic rings. The molecular formula is C19H27Cl2N3O2. The zero-order valence-electron chi connectivity index (χ0n) is 15.5. The third-order valence-corrected chi connectivity index (χ3v) is 6.03. The van der Waals surface area contributed by atoms with Gasteiger partial charge in [0.2, 0.25) is 0 Å². The van der Waals surface area contributed by atoms with Crippen LogP contribution in [0.1, 0.15) is 19.8 Å². The van der Waals surface area contributed by atoms with Crippen molar-refractivity contribution in [3.05, 3.63) is 28.2 Å². The largest absolute Gasteiger partial charge is 0.481 e. The number of benzene rings is 1. The van der Waals surface area contributed by atoms with Crippen molar-refractivity contribution in [2.75, 3.05) is 46.3 Å². The third kappa shape index (κ3) is 4.83. The molecule has 0 radical (unpaired) electrons. The Hall–Kier alpha value is -1.01. The van der Waals surface area contributed by atoms with Crippen molar-refractivity contribution in [2.45, 2.75) is 31.9 Å². The summed E-state index contributed by atoms with van der Waals surface area (Å²) in [6, 6.07) is 5.67. The van der Waals surface area contributed by atoms with Gasteiger partial charge in [-0.25, -0.2) is 0 Å². The Kier molecular flexibility index (Phi) is 6.67. The molecule has 26 heavy (non-hydrogen) atoms. The van der Waals surface area contributed by atoms with Crippen molar-refractivity contribution in [1.29, 1.82) is 0 Å². The van der Waals surface area contributed by atoms with Crippen LogP contribution in [0.15, 0.2) is 18.2 Å². The number of halogens is 2. The number of piperazine rings is 1. The maximum atomic E-state index is 12.7. The molecule has 2 aliphatic heterocycles. The van der Waals surface area contributed by atoms with E-state index in [4.69, 9.17) is 27.9 Å². The standard InChI is InChI=1S/C19H27Cl2N3O2/c1-14(26-16-5-6-17(20)18(21)12-16)19(25)24-10-8-23(9-11-24)15-4-3-7-22(2)13-15/h5-6,12,14-15H,3-4,7-11,13H2,1-2H3. The smallest absolute Gasteiger partial charge is 0.263 e. The lowest BCUT2D eigenvalue weighted by Gasteiger charge is -2.43. The van der Waals surface area contributed by atoms with E-state index in [2.05, 4.69) is 16.8 Å². The summed E-state index contributed by atoms with van der Waals surface area (Å²) in [5.74, 6) is 0.584. The molecule has 0 aliphatic carbocycles. The van der Waals surface area contributed by atoms with Gasteiger partial charge < -0.3 is 14.5 Å². The number of nitrogens with zero attached hydrogens (tertiary/aromatic N) is 3. The van der Waals surface area contributed by atoms with Crippen LogP contribution in [-0.4, -0.2) is 79.1 Å². The Labute approximate surface area is 165 Å². The van der Waals surface area contributed by atoms with E-state index in [0.717, 1.165) is 32.7 Å². The van der Waals surface area contributed by atoms with Crippen LogP contribution in [0.2, 0.25) is 10.0 Å². The maximum absolute atomic E-state index is 12.7. The van der Waals surface area contributed by atoms with E-state index < -0.39 is 6.10 Å². The Morgan fingerprint density at radius 1 is 1.15 bits per heavy atom. The molecular weight excluding hydrogens is 373 g/mol. The Bertz CT molecular complexity index is 635. The second-order valence-electron chi connectivity index (χ2n) is 7.26. The van der Waals surface area contributed by atoms with E-state index in [1.165, 1.54) is 19.4 Å². The first-order valence-electron chi connectivity index (χ1n) is 9.27. The van der Waals surface area contributed by atoms with Crippen molar-refractivity contribution in [3.63, 3.8) is 0 Å². The van der Waals surface area contributed by atoms with Crippen molar-refractivity contribution >= 4 is 29.1 Å². The summed E-state index contributed by atoms with van der Waals surface area (Å²) < 4.78 is 5.77. The molecule has 5 nitrogen and oxygen atoms in total. The zero-order chi connectivity index (χ0) is 18.7. The molecule has 1 aromatic carbocycles. The van der Waals surface area contributed by atoms with Crippen LogP contribution in [0.25, 0.3) is 0 Å². The molecule has 2 saturated heterocycles. The second-order valence-corrected chi connectivity index (χ2v) is 8.07. The molecule has 1 amide bonds. The number of carbonyl (C=O) groups is 1. The molecule has 2 atom stereocenters. The van der Waals surface area contributed by atoms with Gasteiger partial charge in [-0.2, -0.15) is 0 Å². The van der Waals surface area contributed by atoms with Gasteiger partial charge in [0.15, 0.2) is 6.10 Å². The van der Waals surface area contributed by atoms with Crippen LogP contribution in [0.4, 0.5) is 0 Å². The molecule has 144 valence electrons. The molecule has 1 aromatic rings. The topological polar surface area (TPSA) is 36.0 Å². The van der Waals surface area contributed by atoms with Gasteiger partial charge in [0.1, 0.15) is 5.75 Å². The van der Waals surface area contributed by atoms with Gasteiger partial charge in [-0.05, 0) is 45.5 Å². The highest BCUT2D eigenvalue weighted by molar-refractivity contribution is 6.42. The van der Waals surface area contributed by atoms with Crippen LogP contribution in [0.5, 0.6) is 5.75 Å². The number of hydrogen-bond donors (Lipinski definition) is 0. The summed E-state index contributed by atoms with van der Waals surface area (Å²) in [5.41, 5.74) is 0. The fourth-order valence-corrected chi connectivity index (χ4v) is 4.09. The SMILES string of the molecule is CC(Oc1ccc(Cl)c(Cl)c1)C(=O)N1CCN(C2CCCN(C)C2)CC1. The van der Waals surface area contributed by atoms with Crippen molar-refractivity contribution in [1.82, 2.24) is 14.7 Å². The van der Waals surface area contributed by atoms with Crippen LogP contribution < -0.4 is 4.74 Å². The lowest BCUT2D eigenvalue weighted by atomic mass is 10.0. The molecule has 2 unspecified atom stereocenters. The van der Waals surface area contributed by atoms with Gasteiger partial charge in [0.25, 0.3) is 5.91 Å². The molecule has 0 N–H and O–H groups in total. The van der Waals surface area contributed by atoms with Gasteiger partial charge >= 0.3 is 0 Å². The van der Waals surface area contributed by atoms with Gasteiger partial charge in [-0.3, -0.25) is 9.69 Å². The fraction of sp³-hybridized carbons (Fsp3) is 0.632. The van der Waals surface area contributed by atoms with E-state index in [1.54, 1.807) is 25.1 Å². The lowest BCUT2D eigenvalue weighted by molar-refractivity contribution is -0.140. The van der Waals surface area contributed by atoms with E-state index in [0.29, 0.717) is 21.8 Å². The zero-order valence-corrected chi connectivity index (χ0v) is 17.0. The number of ether oxygens (including phenoxy) is 1. The second kappa shape index (κ2) is 8.79. The number of likely N-dealkylation sites (tertiary alicyclic amines) is 1. The minimum absolute atomic E-state index is 0.0245. The van der Waals surface area contributed by atoms with Crippen LogP contribution in [-0.2, 0) is 4.79 Å². The van der Waals surface area contributed by atoms with Gasteiger partial charge in [-0.15, -0.1) is 0 Å². The number of rotatable bonds is 4. The molecule has 0 saturated carbocycles. The predicted octanol–water partition coefficient (Wildman–Crippen LogP) is 3.00. The molecule has 3 rings (SSSR count). The Morgan fingerprint density at radius 2 is 1.88 bits per heavy atom. The average molecular weight is 400 g/mol. The maximum Gasteiger partial charge on any atom is 0.263 e. The lowest BCUT2D eigenvalue weighted by Crippen LogP contribution is -2.56.